The number of carbonyl (C=O) groups is 3. The molecule has 0 unspecified atom stereocenters. The molecule has 24 heavy (non-hydrogen) atoms. The standard InChI is InChI=1S/C17H15NO6/c19-14(12-8-11-6-7-17(12,22)15(20)24-11)18-13(9-23-16(18)21)10-4-2-1-3-5-10/h1-7,11-13,22H,8-9H2/t11-,12-,13+,17-/m1/s1. The third-order valence-electron chi connectivity index (χ3n) is 4.74. The molecule has 1 aromatic rings. The zero-order valence-electron chi connectivity index (χ0n) is 12.6. The average Bonchev–Trinajstić information content (AvgIpc) is 2.97. The lowest BCUT2D eigenvalue weighted by Gasteiger charge is -2.42. The van der Waals surface area contributed by atoms with Crippen LogP contribution in [0.15, 0.2) is 42.5 Å². The lowest BCUT2D eigenvalue weighted by Crippen LogP contribution is -2.60. The number of fused-ring (bicyclic) bond motifs is 2. The smallest absolute Gasteiger partial charge is 0.417 e. The molecule has 4 aliphatic rings. The van der Waals surface area contributed by atoms with Crippen LogP contribution in [0.3, 0.4) is 0 Å². The molecule has 0 spiro atoms. The van der Waals surface area contributed by atoms with Gasteiger partial charge in [-0.15, -0.1) is 0 Å². The van der Waals surface area contributed by atoms with Gasteiger partial charge in [-0.25, -0.2) is 14.5 Å². The summed E-state index contributed by atoms with van der Waals surface area (Å²) in [5, 5.41) is 10.6. The van der Waals surface area contributed by atoms with E-state index in [-0.39, 0.29) is 13.0 Å². The largest absolute Gasteiger partial charge is 0.456 e. The Labute approximate surface area is 137 Å². The van der Waals surface area contributed by atoms with Crippen molar-refractivity contribution in [1.29, 1.82) is 0 Å². The second-order valence-electron chi connectivity index (χ2n) is 6.13. The van der Waals surface area contributed by atoms with E-state index in [2.05, 4.69) is 0 Å². The van der Waals surface area contributed by atoms with Crippen LogP contribution in [0.5, 0.6) is 0 Å². The van der Waals surface area contributed by atoms with Gasteiger partial charge in [0.15, 0.2) is 5.60 Å². The number of nitrogens with zero attached hydrogens (tertiary/aromatic N) is 1. The van der Waals surface area contributed by atoms with Crippen molar-refractivity contribution in [3.05, 3.63) is 48.0 Å². The zero-order chi connectivity index (χ0) is 16.9. The van der Waals surface area contributed by atoms with Crippen LogP contribution in [0.25, 0.3) is 0 Å². The van der Waals surface area contributed by atoms with Crippen molar-refractivity contribution in [3.63, 3.8) is 0 Å². The van der Waals surface area contributed by atoms with Crippen LogP contribution in [-0.4, -0.2) is 46.3 Å². The number of hydrogen-bond donors (Lipinski definition) is 1. The van der Waals surface area contributed by atoms with E-state index in [1.54, 1.807) is 30.3 Å². The number of aliphatic hydroxyl groups is 1. The molecule has 2 saturated heterocycles. The number of carbonyl (C=O) groups excluding carboxylic acids is 3. The first-order chi connectivity index (χ1) is 11.5. The van der Waals surface area contributed by atoms with Crippen molar-refractivity contribution < 1.29 is 29.0 Å². The maximum absolute atomic E-state index is 13.0. The van der Waals surface area contributed by atoms with Gasteiger partial charge in [0.2, 0.25) is 5.91 Å². The summed E-state index contributed by atoms with van der Waals surface area (Å²) in [6, 6.07) is 8.45. The molecule has 4 atom stereocenters. The van der Waals surface area contributed by atoms with Crippen LogP contribution in [0, 0.1) is 5.92 Å². The van der Waals surface area contributed by atoms with E-state index in [9.17, 15) is 19.5 Å². The molecule has 124 valence electrons. The highest BCUT2D eigenvalue weighted by Crippen LogP contribution is 2.40. The van der Waals surface area contributed by atoms with Crippen molar-refractivity contribution in [2.24, 2.45) is 5.92 Å². The molecule has 0 saturated carbocycles. The van der Waals surface area contributed by atoms with Crippen molar-refractivity contribution >= 4 is 18.0 Å². The number of imide groups is 1. The van der Waals surface area contributed by atoms with Crippen LogP contribution in [0.4, 0.5) is 4.79 Å². The summed E-state index contributed by atoms with van der Waals surface area (Å²) in [7, 11) is 0. The highest BCUT2D eigenvalue weighted by atomic mass is 16.6. The van der Waals surface area contributed by atoms with Crippen molar-refractivity contribution in [2.75, 3.05) is 6.61 Å². The molecule has 1 N–H and O–H groups in total. The van der Waals surface area contributed by atoms with Crippen LogP contribution >= 0.6 is 0 Å². The molecular formula is C17H15NO6. The number of cyclic esters (lactones) is 1. The molecule has 0 radical (unpaired) electrons. The van der Waals surface area contributed by atoms with E-state index in [4.69, 9.17) is 9.47 Å². The molecular weight excluding hydrogens is 314 g/mol. The Kier molecular flexibility index (Phi) is 3.21. The van der Waals surface area contributed by atoms with Crippen LogP contribution in [0.2, 0.25) is 0 Å². The number of ether oxygens (including phenoxy) is 2. The van der Waals surface area contributed by atoms with E-state index in [0.29, 0.717) is 0 Å². The van der Waals surface area contributed by atoms with E-state index in [1.807, 2.05) is 6.07 Å². The minimum atomic E-state index is -2.03. The van der Waals surface area contributed by atoms with Crippen LogP contribution < -0.4 is 0 Å². The number of benzene rings is 1. The molecule has 0 aromatic heterocycles. The average molecular weight is 329 g/mol. The summed E-state index contributed by atoms with van der Waals surface area (Å²) in [6.07, 6.45) is 1.66. The molecule has 3 heterocycles. The molecule has 2 bridgehead atoms. The lowest BCUT2D eigenvalue weighted by atomic mass is 9.75. The summed E-state index contributed by atoms with van der Waals surface area (Å²) < 4.78 is 10.0. The Morgan fingerprint density at radius 2 is 2.00 bits per heavy atom. The van der Waals surface area contributed by atoms with Gasteiger partial charge in [0, 0.05) is 6.42 Å². The summed E-state index contributed by atoms with van der Waals surface area (Å²) >= 11 is 0. The second-order valence-corrected chi connectivity index (χ2v) is 6.13. The quantitative estimate of drug-likeness (QED) is 0.641. The number of hydrogen-bond acceptors (Lipinski definition) is 6. The van der Waals surface area contributed by atoms with E-state index < -0.39 is 41.6 Å². The molecule has 5 rings (SSSR count). The van der Waals surface area contributed by atoms with Crippen molar-refractivity contribution in [2.45, 2.75) is 24.2 Å². The van der Waals surface area contributed by atoms with Gasteiger partial charge in [-0.2, -0.15) is 0 Å². The molecule has 1 aliphatic carbocycles. The summed E-state index contributed by atoms with van der Waals surface area (Å²) in [5.74, 6) is -2.55. The predicted octanol–water partition coefficient (Wildman–Crippen LogP) is 0.939. The summed E-state index contributed by atoms with van der Waals surface area (Å²) in [4.78, 5) is 38.0. The maximum Gasteiger partial charge on any atom is 0.417 e. The van der Waals surface area contributed by atoms with Crippen LogP contribution in [-0.2, 0) is 19.1 Å². The van der Waals surface area contributed by atoms with Gasteiger partial charge in [-0.05, 0) is 17.7 Å². The van der Waals surface area contributed by atoms with E-state index in [0.717, 1.165) is 10.5 Å². The highest BCUT2D eigenvalue weighted by Gasteiger charge is 2.58. The van der Waals surface area contributed by atoms with Gasteiger partial charge in [0.05, 0.1) is 5.92 Å². The predicted molar refractivity (Wildman–Crippen MR) is 79.5 cm³/mol. The zero-order valence-corrected chi connectivity index (χ0v) is 12.6. The first-order valence-corrected chi connectivity index (χ1v) is 7.68. The number of esters is 1. The minimum Gasteiger partial charge on any atom is -0.456 e. The number of amides is 2. The fourth-order valence-corrected chi connectivity index (χ4v) is 3.43. The normalized spacial score (nSPS) is 34.2. The Hall–Kier alpha value is -2.67. The van der Waals surface area contributed by atoms with Crippen LogP contribution in [0.1, 0.15) is 18.0 Å². The third kappa shape index (κ3) is 2.05. The van der Waals surface area contributed by atoms with Gasteiger partial charge in [-0.1, -0.05) is 30.3 Å². The van der Waals surface area contributed by atoms with Crippen molar-refractivity contribution in [3.8, 4) is 0 Å². The Morgan fingerprint density at radius 3 is 2.71 bits per heavy atom. The molecule has 3 aliphatic heterocycles. The maximum atomic E-state index is 13.0. The fourth-order valence-electron chi connectivity index (χ4n) is 3.43. The number of rotatable bonds is 2. The summed E-state index contributed by atoms with van der Waals surface area (Å²) in [6.45, 7) is 0.0451. The Balaban J connectivity index is 1.67. The fraction of sp³-hybridized carbons (Fsp3) is 0.353. The SMILES string of the molecule is O=C1OC[C@@H](c2ccccc2)N1C(=O)[C@H]1C[C@H]2C=C[C@]1(O)C(=O)O2. The Bertz CT molecular complexity index is 745. The monoisotopic (exact) mass is 329 g/mol. The van der Waals surface area contributed by atoms with Gasteiger partial charge in [0.25, 0.3) is 0 Å². The summed E-state index contributed by atoms with van der Waals surface area (Å²) in [5.41, 5.74) is -1.28. The van der Waals surface area contributed by atoms with Gasteiger partial charge in [0.1, 0.15) is 18.8 Å². The van der Waals surface area contributed by atoms with Gasteiger partial charge >= 0.3 is 12.1 Å². The van der Waals surface area contributed by atoms with Crippen molar-refractivity contribution in [1.82, 2.24) is 4.90 Å². The first-order valence-electron chi connectivity index (χ1n) is 7.68. The highest BCUT2D eigenvalue weighted by molar-refractivity contribution is 6.00. The second kappa shape index (κ2) is 5.17. The molecule has 1 aromatic carbocycles. The first kappa shape index (κ1) is 14.9. The molecule has 2 amide bonds. The van der Waals surface area contributed by atoms with E-state index in [1.165, 1.54) is 6.08 Å². The molecule has 7 nitrogen and oxygen atoms in total. The Morgan fingerprint density at radius 1 is 1.25 bits per heavy atom. The van der Waals surface area contributed by atoms with E-state index >= 15 is 0 Å². The third-order valence-corrected chi connectivity index (χ3v) is 4.74. The minimum absolute atomic E-state index is 0.0451. The van der Waals surface area contributed by atoms with Gasteiger partial charge in [-0.3, -0.25) is 4.79 Å². The molecule has 7 heteroatoms. The lowest BCUT2D eigenvalue weighted by molar-refractivity contribution is -0.189. The van der Waals surface area contributed by atoms with Gasteiger partial charge < -0.3 is 14.6 Å². The molecule has 2 fully saturated rings. The topological polar surface area (TPSA) is 93.1 Å².